The van der Waals surface area contributed by atoms with Gasteiger partial charge in [-0.2, -0.15) is 0 Å². The zero-order valence-electron chi connectivity index (χ0n) is 45.5. The van der Waals surface area contributed by atoms with Crippen LogP contribution in [0.2, 0.25) is 5.02 Å². The van der Waals surface area contributed by atoms with Crippen molar-refractivity contribution in [3.8, 4) is 11.5 Å². The molecule has 2 aromatic carbocycles. The minimum Gasteiger partial charge on any atom is -0.507 e. The number of aliphatic hydroxyl groups is 2. The number of phenolic OH excluding ortho intramolecular Hbond substituents is 1. The number of ether oxygens (including phenoxy) is 5. The number of allylic oxidation sites excluding steroid dienone is 4. The van der Waals surface area contributed by atoms with Crippen LogP contribution in [0.15, 0.2) is 64.6 Å². The van der Waals surface area contributed by atoms with Crippen LogP contribution in [-0.4, -0.2) is 160 Å². The molecule has 428 valence electrons. The number of hydrogen-bond donors (Lipinski definition) is 5. The molecular formula is C57H65ClFN5O16. The molecule has 3 aromatic rings. The van der Waals surface area contributed by atoms with Gasteiger partial charge in [0.1, 0.15) is 40.4 Å². The van der Waals surface area contributed by atoms with E-state index >= 15 is 4.39 Å². The lowest BCUT2D eigenvalue weighted by Crippen LogP contribution is -2.52. The van der Waals surface area contributed by atoms with Gasteiger partial charge in [0.05, 0.1) is 76.1 Å². The van der Waals surface area contributed by atoms with Crippen LogP contribution >= 0.6 is 11.6 Å². The van der Waals surface area contributed by atoms with E-state index in [0.717, 1.165) is 12.3 Å². The van der Waals surface area contributed by atoms with Gasteiger partial charge in [0.25, 0.3) is 11.7 Å². The summed E-state index contributed by atoms with van der Waals surface area (Å²) in [5.41, 5.74) is -2.97. The van der Waals surface area contributed by atoms with E-state index in [-0.39, 0.29) is 108 Å². The summed E-state index contributed by atoms with van der Waals surface area (Å²) in [4.78, 5) is 102. The first kappa shape index (κ1) is 57.6. The van der Waals surface area contributed by atoms with E-state index in [1.54, 1.807) is 48.1 Å². The number of morpholine rings is 1. The number of ketones is 3. The topological polar surface area (TPSA) is 273 Å². The number of nitrogens with one attached hydrogen (secondary N) is 1. The molecular weight excluding hydrogens is 1070 g/mol. The highest BCUT2D eigenvalue weighted by Gasteiger charge is 2.53. The monoisotopic (exact) mass is 1130 g/mol. The van der Waals surface area contributed by atoms with Crippen molar-refractivity contribution < 1.29 is 77.3 Å². The molecule has 80 heavy (non-hydrogen) atoms. The Hall–Kier alpha value is -7.11. The van der Waals surface area contributed by atoms with Gasteiger partial charge in [0, 0.05) is 100 Å². The number of aliphatic hydroxyl groups excluding tert-OH is 2. The number of rotatable bonds is 6. The average Bonchev–Trinajstić information content (AvgIpc) is 4.42. The second-order valence-corrected chi connectivity index (χ2v) is 22.0. The van der Waals surface area contributed by atoms with E-state index in [1.165, 1.54) is 57.2 Å². The maximum Gasteiger partial charge on any atom is 0.410 e. The number of nitrogens with zero attached hydrogens (tertiary/aromatic N) is 4. The Balaban J connectivity index is 1.02. The summed E-state index contributed by atoms with van der Waals surface area (Å²) in [6.45, 7) is 11.7. The van der Waals surface area contributed by atoms with Crippen molar-refractivity contribution in [2.24, 2.45) is 23.7 Å². The number of carboxylic acids is 1. The van der Waals surface area contributed by atoms with Gasteiger partial charge in [-0.25, -0.2) is 14.0 Å². The largest absolute Gasteiger partial charge is 0.507 e. The molecule has 2 amide bonds. The fraction of sp³-hybridized carbons (Fsp3) is 0.491. The summed E-state index contributed by atoms with van der Waals surface area (Å²) in [6.07, 6.45) is 4.38. The van der Waals surface area contributed by atoms with Gasteiger partial charge >= 0.3 is 17.8 Å². The Labute approximate surface area is 464 Å². The molecule has 0 spiro atoms. The first-order valence-electron chi connectivity index (χ1n) is 26.6. The Kier molecular flexibility index (Phi) is 16.1. The fourth-order valence-corrected chi connectivity index (χ4v) is 11.8. The van der Waals surface area contributed by atoms with Gasteiger partial charge in [-0.1, -0.05) is 57.5 Å². The van der Waals surface area contributed by atoms with Crippen LogP contribution in [0, 0.1) is 36.4 Å². The SMILES string of the molecule is CO[C@H]1C=CO[C@@]2(C)Oc3c(C)c(O)c4c(c3C2=O)C(=O)C(N2CCOCC2)=C(NC(=O)C(C)=CC=C[C@H](C)[C@H](O)[C@@H](C)[C@@H](O)[C@@H](C)[C@H](OC(=O)N2CCN(c3c(F)cc5c(=O)c(C(=O)O)cn(C6CC6)c5c3Cl)CC2)[C@@H]1C)C4=O. The number of aromatic hydroxyl groups is 1. The average molecular weight is 1130 g/mol. The Morgan fingerprint density at radius 3 is 2.19 bits per heavy atom. The number of phenols is 1. The van der Waals surface area contributed by atoms with E-state index in [2.05, 4.69) is 5.32 Å². The lowest BCUT2D eigenvalue weighted by Gasteiger charge is -2.40. The van der Waals surface area contributed by atoms with Gasteiger partial charge in [-0.05, 0) is 38.8 Å². The normalized spacial score (nSPS) is 28.0. The Bertz CT molecular complexity index is 3280. The third-order valence-electron chi connectivity index (χ3n) is 16.4. The molecule has 7 aliphatic rings. The molecule has 2 saturated heterocycles. The number of halogens is 2. The molecule has 2 aliphatic carbocycles. The maximum absolute atomic E-state index is 16.1. The molecule has 5 N–H and O–H groups in total. The van der Waals surface area contributed by atoms with Gasteiger partial charge in [0.15, 0.2) is 0 Å². The van der Waals surface area contributed by atoms with Crippen LogP contribution in [0.3, 0.4) is 0 Å². The molecule has 3 fully saturated rings. The van der Waals surface area contributed by atoms with Crippen molar-refractivity contribution in [3.63, 3.8) is 0 Å². The summed E-state index contributed by atoms with van der Waals surface area (Å²) in [7, 11) is 1.38. The maximum atomic E-state index is 16.1. The zero-order chi connectivity index (χ0) is 58.0. The van der Waals surface area contributed by atoms with E-state index in [0.29, 0.717) is 12.8 Å². The third kappa shape index (κ3) is 10.2. The molecule has 1 aromatic heterocycles. The molecule has 21 nitrogen and oxygen atoms in total. The number of fused-ring (bicyclic) bond motifs is 15. The second-order valence-electron chi connectivity index (χ2n) is 21.6. The second kappa shape index (κ2) is 22.4. The number of amides is 2. The predicted octanol–water partition coefficient (Wildman–Crippen LogP) is 5.83. The van der Waals surface area contributed by atoms with Crippen LogP contribution < -0.4 is 20.4 Å². The minimum atomic E-state index is -2.18. The molecule has 1 saturated carbocycles. The van der Waals surface area contributed by atoms with Crippen molar-refractivity contribution in [2.75, 3.05) is 64.5 Å². The lowest BCUT2D eigenvalue weighted by molar-refractivity contribution is -0.116. The number of aromatic nitrogens is 1. The predicted molar refractivity (Wildman–Crippen MR) is 287 cm³/mol. The van der Waals surface area contributed by atoms with Crippen LogP contribution in [0.5, 0.6) is 11.5 Å². The van der Waals surface area contributed by atoms with Crippen LogP contribution in [-0.2, 0) is 23.7 Å². The van der Waals surface area contributed by atoms with Crippen molar-refractivity contribution >= 4 is 63.5 Å². The van der Waals surface area contributed by atoms with Gasteiger partial charge < -0.3 is 68.7 Å². The number of carbonyl (C=O) groups excluding carboxylic acids is 5. The van der Waals surface area contributed by atoms with Crippen molar-refractivity contribution in [2.45, 2.75) is 97.6 Å². The number of pyridine rings is 1. The van der Waals surface area contributed by atoms with E-state index < -0.39 is 129 Å². The summed E-state index contributed by atoms with van der Waals surface area (Å²) in [5, 5.41) is 47.6. The highest BCUT2D eigenvalue weighted by Crippen LogP contribution is 2.49. The molecule has 5 bridgehead atoms. The number of carbonyl (C=O) groups is 6. The summed E-state index contributed by atoms with van der Waals surface area (Å²) >= 11 is 6.93. The quantitative estimate of drug-likeness (QED) is 0.194. The molecule has 0 radical (unpaired) electrons. The number of benzene rings is 2. The standard InChI is InChI=1S/C57H65ClFN5O16/c1-26-10-9-11-27(2)54(72)60-41-44(62-19-22-77-23-20-62)50(70)37-38(49(41)69)47(67)31(6)52-39(37)53(71)57(7,80-52)78-21-14-36(76-8)28(3)51(30(5)46(66)29(4)45(26)65)79-56(75)63-17-15-61(16-18-63)43-35(59)24-33-42(40(43)58)64(32-12-13-32)25-34(48(33)68)55(73)74/h9-11,14,21,24-26,28-30,32,36,45-46,51,65-67H,12-13,15-20,22-23H2,1-8H3,(H,60,72)(H,73,74)/t26-,28+,29+,30+,36-,45-,46+,51+,57-/m0/s1. The minimum absolute atomic E-state index is 0.00917. The van der Waals surface area contributed by atoms with Gasteiger partial charge in [-0.15, -0.1) is 0 Å². The number of methoxy groups -OCH3 is 1. The summed E-state index contributed by atoms with van der Waals surface area (Å²) < 4.78 is 47.7. The third-order valence-corrected chi connectivity index (χ3v) is 16.8. The lowest BCUT2D eigenvalue weighted by atomic mass is 9.78. The van der Waals surface area contributed by atoms with Crippen molar-refractivity contribution in [1.29, 1.82) is 0 Å². The number of piperazine rings is 1. The van der Waals surface area contributed by atoms with Gasteiger partial charge in [-0.3, -0.25) is 24.0 Å². The van der Waals surface area contributed by atoms with E-state index in [4.69, 9.17) is 35.3 Å². The number of Topliss-reactive ketones (excluding diaryl/α,β-unsaturated/α-hetero) is 3. The highest BCUT2D eigenvalue weighted by molar-refractivity contribution is 6.38. The van der Waals surface area contributed by atoms with Crippen LogP contribution in [0.4, 0.5) is 14.9 Å². The Morgan fingerprint density at radius 1 is 0.875 bits per heavy atom. The smallest absolute Gasteiger partial charge is 0.410 e. The van der Waals surface area contributed by atoms with Crippen molar-refractivity contribution in [3.05, 3.63) is 109 Å². The number of carboxylic acid groups (broad SMARTS) is 1. The molecule has 5 aliphatic heterocycles. The molecule has 23 heteroatoms. The summed E-state index contributed by atoms with van der Waals surface area (Å²) in [6, 6.07) is 0.873. The molecule has 10 rings (SSSR count). The molecule has 0 unspecified atom stereocenters. The number of anilines is 1. The van der Waals surface area contributed by atoms with Crippen LogP contribution in [0.1, 0.15) is 107 Å². The van der Waals surface area contributed by atoms with E-state index in [1.807, 2.05) is 0 Å². The number of aromatic carboxylic acids is 1. The zero-order valence-corrected chi connectivity index (χ0v) is 46.3. The van der Waals surface area contributed by atoms with Crippen molar-refractivity contribution in [1.82, 2.24) is 19.7 Å². The summed E-state index contributed by atoms with van der Waals surface area (Å²) in [5.74, 6) is -11.9. The molecule has 9 atom stereocenters. The fourth-order valence-electron chi connectivity index (χ4n) is 11.4. The molecule has 6 heterocycles. The van der Waals surface area contributed by atoms with E-state index in [9.17, 15) is 54.0 Å². The first-order valence-corrected chi connectivity index (χ1v) is 27.0. The highest BCUT2D eigenvalue weighted by atomic mass is 35.5. The number of hydrogen-bond acceptors (Lipinski definition) is 17. The van der Waals surface area contributed by atoms with Crippen LogP contribution in [0.25, 0.3) is 10.9 Å². The Morgan fingerprint density at radius 2 is 1.55 bits per heavy atom. The first-order chi connectivity index (χ1) is 37.9. The van der Waals surface area contributed by atoms with Gasteiger partial charge in [0.2, 0.25) is 17.0 Å².